The van der Waals surface area contributed by atoms with Crippen molar-refractivity contribution in [3.63, 3.8) is 0 Å². The van der Waals surface area contributed by atoms with Crippen molar-refractivity contribution in [2.24, 2.45) is 0 Å². The average molecular weight is 357 g/mol. The molecule has 0 radical (unpaired) electrons. The molecule has 0 spiro atoms. The van der Waals surface area contributed by atoms with Crippen LogP contribution in [0.4, 0.5) is 0 Å². The molecule has 5 nitrogen and oxygen atoms in total. The van der Waals surface area contributed by atoms with Gasteiger partial charge in [-0.1, -0.05) is 18.2 Å². The van der Waals surface area contributed by atoms with E-state index < -0.39 is 0 Å². The minimum Gasteiger partial charge on any atom is -0.497 e. The van der Waals surface area contributed by atoms with E-state index in [0.29, 0.717) is 19.4 Å². The van der Waals surface area contributed by atoms with Crippen LogP contribution < -0.4 is 19.5 Å². The van der Waals surface area contributed by atoms with Gasteiger partial charge in [-0.15, -0.1) is 0 Å². The molecule has 0 aromatic heterocycles. The van der Waals surface area contributed by atoms with Crippen LogP contribution in [0, 0.1) is 0 Å². The first-order valence-electron chi connectivity index (χ1n) is 8.75. The van der Waals surface area contributed by atoms with Crippen molar-refractivity contribution >= 4 is 5.91 Å². The first kappa shape index (κ1) is 19.6. The second-order valence-electron chi connectivity index (χ2n) is 6.23. The molecule has 0 aliphatic carbocycles. The van der Waals surface area contributed by atoms with E-state index in [1.165, 1.54) is 0 Å². The molecular formula is C21H27NO4. The van der Waals surface area contributed by atoms with Gasteiger partial charge in [-0.3, -0.25) is 4.79 Å². The number of hydrogen-bond donors (Lipinski definition) is 1. The number of benzene rings is 2. The molecule has 2 rings (SSSR count). The Balaban J connectivity index is 1.92. The van der Waals surface area contributed by atoms with Crippen LogP contribution >= 0.6 is 0 Å². The molecule has 2 aromatic carbocycles. The highest BCUT2D eigenvalue weighted by Crippen LogP contribution is 2.25. The maximum Gasteiger partial charge on any atom is 0.220 e. The minimum atomic E-state index is -0.0192. The third-order valence-corrected chi connectivity index (χ3v) is 3.92. The Kier molecular flexibility index (Phi) is 7.33. The highest BCUT2D eigenvalue weighted by atomic mass is 16.5. The average Bonchev–Trinajstić information content (AvgIpc) is 2.64. The van der Waals surface area contributed by atoms with Gasteiger partial charge in [-0.2, -0.15) is 0 Å². The summed E-state index contributed by atoms with van der Waals surface area (Å²) in [4.78, 5) is 12.3. The Labute approximate surface area is 155 Å². The quantitative estimate of drug-likeness (QED) is 0.743. The number of ether oxygens (including phenoxy) is 3. The van der Waals surface area contributed by atoms with Crippen molar-refractivity contribution in [1.82, 2.24) is 5.32 Å². The zero-order valence-electron chi connectivity index (χ0n) is 15.9. The van der Waals surface area contributed by atoms with Crippen LogP contribution in [0.3, 0.4) is 0 Å². The van der Waals surface area contributed by atoms with Gasteiger partial charge >= 0.3 is 0 Å². The smallest absolute Gasteiger partial charge is 0.220 e. The summed E-state index contributed by atoms with van der Waals surface area (Å²) in [5, 5.41) is 2.96. The summed E-state index contributed by atoms with van der Waals surface area (Å²) in [5.74, 6) is 2.29. The van der Waals surface area contributed by atoms with Crippen molar-refractivity contribution in [3.05, 3.63) is 53.6 Å². The molecule has 26 heavy (non-hydrogen) atoms. The molecule has 0 bridgehead atoms. The number of nitrogens with one attached hydrogen (secondary N) is 1. The monoisotopic (exact) mass is 357 g/mol. The van der Waals surface area contributed by atoms with Crippen LogP contribution in [0.2, 0.25) is 0 Å². The summed E-state index contributed by atoms with van der Waals surface area (Å²) < 4.78 is 16.4. The SMILES string of the molecule is COc1ccc(OC)c(CCC(=O)NCc2ccccc2OC(C)C)c1. The predicted molar refractivity (Wildman–Crippen MR) is 102 cm³/mol. The summed E-state index contributed by atoms with van der Waals surface area (Å²) in [6.45, 7) is 4.41. The Bertz CT molecular complexity index is 728. The molecule has 0 heterocycles. The summed E-state index contributed by atoms with van der Waals surface area (Å²) in [5.41, 5.74) is 1.92. The summed E-state index contributed by atoms with van der Waals surface area (Å²) in [7, 11) is 3.24. The number of methoxy groups -OCH3 is 2. The predicted octanol–water partition coefficient (Wildman–Crippen LogP) is 3.74. The molecule has 0 aliphatic rings. The van der Waals surface area contributed by atoms with Gasteiger partial charge in [0.15, 0.2) is 0 Å². The molecule has 0 saturated carbocycles. The molecule has 0 atom stereocenters. The van der Waals surface area contributed by atoms with Gasteiger partial charge in [0.2, 0.25) is 5.91 Å². The fourth-order valence-electron chi connectivity index (χ4n) is 2.63. The van der Waals surface area contributed by atoms with E-state index in [9.17, 15) is 4.79 Å². The molecule has 1 amide bonds. The number of carbonyl (C=O) groups excluding carboxylic acids is 1. The maximum absolute atomic E-state index is 12.3. The van der Waals surface area contributed by atoms with E-state index in [2.05, 4.69) is 5.32 Å². The second kappa shape index (κ2) is 9.70. The summed E-state index contributed by atoms with van der Waals surface area (Å²) in [6.07, 6.45) is 1.04. The van der Waals surface area contributed by atoms with E-state index in [1.807, 2.05) is 56.3 Å². The molecular weight excluding hydrogens is 330 g/mol. The zero-order chi connectivity index (χ0) is 18.9. The van der Waals surface area contributed by atoms with Crippen molar-refractivity contribution in [3.8, 4) is 17.2 Å². The number of aryl methyl sites for hydroxylation is 1. The first-order valence-corrected chi connectivity index (χ1v) is 8.75. The highest BCUT2D eigenvalue weighted by molar-refractivity contribution is 5.76. The highest BCUT2D eigenvalue weighted by Gasteiger charge is 2.10. The molecule has 1 N–H and O–H groups in total. The first-order chi connectivity index (χ1) is 12.5. The minimum absolute atomic E-state index is 0.0192. The van der Waals surface area contributed by atoms with Crippen LogP contribution in [0.1, 0.15) is 31.4 Å². The molecule has 0 unspecified atom stereocenters. The normalized spacial score (nSPS) is 10.5. The van der Waals surface area contributed by atoms with Crippen LogP contribution in [0.15, 0.2) is 42.5 Å². The third-order valence-electron chi connectivity index (χ3n) is 3.92. The van der Waals surface area contributed by atoms with Crippen molar-refractivity contribution in [2.45, 2.75) is 39.3 Å². The molecule has 140 valence electrons. The number of rotatable bonds is 9. The lowest BCUT2D eigenvalue weighted by molar-refractivity contribution is -0.121. The van der Waals surface area contributed by atoms with Crippen LogP contribution in [-0.4, -0.2) is 26.2 Å². The summed E-state index contributed by atoms with van der Waals surface area (Å²) >= 11 is 0. The van der Waals surface area contributed by atoms with E-state index in [0.717, 1.165) is 28.4 Å². The fraction of sp³-hybridized carbons (Fsp3) is 0.381. The Morgan fingerprint density at radius 3 is 2.46 bits per heavy atom. The van der Waals surface area contributed by atoms with Crippen molar-refractivity contribution in [2.75, 3.05) is 14.2 Å². The molecule has 0 aliphatic heterocycles. The van der Waals surface area contributed by atoms with Crippen LogP contribution in [0.25, 0.3) is 0 Å². The van der Waals surface area contributed by atoms with Gasteiger partial charge in [-0.05, 0) is 50.1 Å². The number of para-hydroxylation sites is 1. The molecule has 2 aromatic rings. The lowest BCUT2D eigenvalue weighted by atomic mass is 10.1. The lowest BCUT2D eigenvalue weighted by Crippen LogP contribution is -2.23. The van der Waals surface area contributed by atoms with Crippen molar-refractivity contribution in [1.29, 1.82) is 0 Å². The third kappa shape index (κ3) is 5.69. The topological polar surface area (TPSA) is 56.8 Å². The van der Waals surface area contributed by atoms with Gasteiger partial charge in [0.1, 0.15) is 17.2 Å². The van der Waals surface area contributed by atoms with E-state index in [1.54, 1.807) is 14.2 Å². The number of amides is 1. The van der Waals surface area contributed by atoms with E-state index in [4.69, 9.17) is 14.2 Å². The largest absolute Gasteiger partial charge is 0.497 e. The Morgan fingerprint density at radius 1 is 1.00 bits per heavy atom. The zero-order valence-corrected chi connectivity index (χ0v) is 15.9. The number of carbonyl (C=O) groups is 1. The van der Waals surface area contributed by atoms with E-state index >= 15 is 0 Å². The standard InChI is InChI=1S/C21H27NO4/c1-15(2)26-20-8-6-5-7-17(20)14-22-21(23)12-9-16-13-18(24-3)10-11-19(16)25-4/h5-8,10-11,13,15H,9,12,14H2,1-4H3,(H,22,23). The van der Waals surface area contributed by atoms with Crippen LogP contribution in [-0.2, 0) is 17.8 Å². The second-order valence-corrected chi connectivity index (χ2v) is 6.23. The summed E-state index contributed by atoms with van der Waals surface area (Å²) in [6, 6.07) is 13.3. The fourth-order valence-corrected chi connectivity index (χ4v) is 2.63. The molecule has 0 saturated heterocycles. The van der Waals surface area contributed by atoms with E-state index in [-0.39, 0.29) is 12.0 Å². The molecule has 0 fully saturated rings. The Hall–Kier alpha value is -2.69. The van der Waals surface area contributed by atoms with Gasteiger partial charge < -0.3 is 19.5 Å². The number of hydrogen-bond acceptors (Lipinski definition) is 4. The maximum atomic E-state index is 12.3. The van der Waals surface area contributed by atoms with Gasteiger partial charge in [0.25, 0.3) is 0 Å². The Morgan fingerprint density at radius 2 is 1.77 bits per heavy atom. The van der Waals surface area contributed by atoms with Gasteiger partial charge in [-0.25, -0.2) is 0 Å². The van der Waals surface area contributed by atoms with Gasteiger partial charge in [0.05, 0.1) is 20.3 Å². The van der Waals surface area contributed by atoms with Gasteiger partial charge in [0, 0.05) is 18.5 Å². The van der Waals surface area contributed by atoms with Crippen molar-refractivity contribution < 1.29 is 19.0 Å². The van der Waals surface area contributed by atoms with Crippen LogP contribution in [0.5, 0.6) is 17.2 Å². The lowest BCUT2D eigenvalue weighted by Gasteiger charge is -2.15. The molecule has 5 heteroatoms.